The molecule has 0 bridgehead atoms. The summed E-state index contributed by atoms with van der Waals surface area (Å²) in [4.78, 5) is 11.7. The Kier molecular flexibility index (Phi) is 2.82. The molecule has 1 heterocycles. The van der Waals surface area contributed by atoms with E-state index >= 15 is 0 Å². The van der Waals surface area contributed by atoms with Crippen molar-refractivity contribution in [2.45, 2.75) is 31.1 Å². The van der Waals surface area contributed by atoms with E-state index in [0.717, 1.165) is 29.3 Å². The van der Waals surface area contributed by atoms with Gasteiger partial charge in [-0.25, -0.2) is 0 Å². The maximum absolute atomic E-state index is 11.7. The smallest absolute Gasteiger partial charge is 0.314 e. The van der Waals surface area contributed by atoms with Crippen molar-refractivity contribution in [1.82, 2.24) is 4.57 Å². The fourth-order valence-corrected chi connectivity index (χ4v) is 3.48. The predicted octanol–water partition coefficient (Wildman–Crippen LogP) is 3.73. The molecule has 0 unspecified atom stereocenters. The number of carboxylic acids is 1. The number of halogens is 1. The van der Waals surface area contributed by atoms with E-state index in [9.17, 15) is 9.90 Å². The zero-order valence-electron chi connectivity index (χ0n) is 10.8. The molecule has 1 aliphatic carbocycles. The number of benzene rings is 1. The average molecular weight is 278 g/mol. The molecule has 0 saturated heterocycles. The standard InChI is InChI=1S/C15H16ClNO2/c1-17-7-4-11-12(16)8-10(9-13(11)17)15(14(18)19)5-2-3-6-15/h4,7-9H,2-3,5-6H2,1H3,(H,18,19). The third-order valence-electron chi connectivity index (χ3n) is 4.37. The summed E-state index contributed by atoms with van der Waals surface area (Å²) in [7, 11) is 1.95. The summed E-state index contributed by atoms with van der Waals surface area (Å²) in [6.45, 7) is 0. The van der Waals surface area contributed by atoms with Gasteiger partial charge in [0.05, 0.1) is 10.4 Å². The van der Waals surface area contributed by atoms with Crippen molar-refractivity contribution in [3.05, 3.63) is 35.0 Å². The van der Waals surface area contributed by atoms with Crippen LogP contribution in [0.5, 0.6) is 0 Å². The minimum atomic E-state index is -0.748. The van der Waals surface area contributed by atoms with Crippen molar-refractivity contribution in [1.29, 1.82) is 0 Å². The Labute approximate surface area is 116 Å². The highest BCUT2D eigenvalue weighted by Gasteiger charge is 2.43. The van der Waals surface area contributed by atoms with Gasteiger partial charge < -0.3 is 9.67 Å². The largest absolute Gasteiger partial charge is 0.481 e. The molecule has 1 aromatic heterocycles. The second kappa shape index (κ2) is 4.27. The number of fused-ring (bicyclic) bond motifs is 1. The normalized spacial score (nSPS) is 18.0. The summed E-state index contributed by atoms with van der Waals surface area (Å²) >= 11 is 6.31. The van der Waals surface area contributed by atoms with E-state index in [1.807, 2.05) is 36.0 Å². The Morgan fingerprint density at radius 1 is 1.37 bits per heavy atom. The summed E-state index contributed by atoms with van der Waals surface area (Å²) in [6, 6.07) is 5.79. The molecule has 2 aromatic rings. The van der Waals surface area contributed by atoms with Crippen LogP contribution in [0.15, 0.2) is 24.4 Å². The highest BCUT2D eigenvalue weighted by atomic mass is 35.5. The Balaban J connectivity index is 2.24. The lowest BCUT2D eigenvalue weighted by atomic mass is 9.79. The highest BCUT2D eigenvalue weighted by molar-refractivity contribution is 6.35. The lowest BCUT2D eigenvalue weighted by Gasteiger charge is -2.25. The number of aromatic nitrogens is 1. The van der Waals surface area contributed by atoms with Gasteiger partial charge >= 0.3 is 5.97 Å². The lowest BCUT2D eigenvalue weighted by Crippen LogP contribution is -2.32. The number of nitrogens with zero attached hydrogens (tertiary/aromatic N) is 1. The van der Waals surface area contributed by atoms with Crippen molar-refractivity contribution >= 4 is 28.5 Å². The van der Waals surface area contributed by atoms with Gasteiger partial charge in [0.1, 0.15) is 0 Å². The van der Waals surface area contributed by atoms with Gasteiger partial charge in [-0.1, -0.05) is 24.4 Å². The number of aliphatic carboxylic acids is 1. The van der Waals surface area contributed by atoms with Crippen LogP contribution in [0.2, 0.25) is 5.02 Å². The van der Waals surface area contributed by atoms with Crippen LogP contribution in [0.25, 0.3) is 10.9 Å². The van der Waals surface area contributed by atoms with Crippen LogP contribution in [0.3, 0.4) is 0 Å². The second-order valence-electron chi connectivity index (χ2n) is 5.41. The maximum atomic E-state index is 11.7. The van der Waals surface area contributed by atoms with E-state index in [4.69, 9.17) is 11.6 Å². The zero-order chi connectivity index (χ0) is 13.6. The second-order valence-corrected chi connectivity index (χ2v) is 5.82. The molecule has 0 aliphatic heterocycles. The molecule has 3 nitrogen and oxygen atoms in total. The number of hydrogen-bond donors (Lipinski definition) is 1. The molecule has 100 valence electrons. The minimum absolute atomic E-state index is 0.639. The summed E-state index contributed by atoms with van der Waals surface area (Å²) in [5.41, 5.74) is 1.09. The van der Waals surface area contributed by atoms with Gasteiger partial charge in [0, 0.05) is 24.1 Å². The van der Waals surface area contributed by atoms with Crippen LogP contribution in [-0.2, 0) is 17.3 Å². The van der Waals surface area contributed by atoms with E-state index < -0.39 is 11.4 Å². The summed E-state index contributed by atoms with van der Waals surface area (Å²) in [5.74, 6) is -0.727. The molecule has 0 amide bonds. The topological polar surface area (TPSA) is 42.2 Å². The predicted molar refractivity (Wildman–Crippen MR) is 75.7 cm³/mol. The first kappa shape index (κ1) is 12.5. The Morgan fingerprint density at radius 2 is 2.05 bits per heavy atom. The van der Waals surface area contributed by atoms with Gasteiger partial charge in [-0.05, 0) is 36.6 Å². The zero-order valence-corrected chi connectivity index (χ0v) is 11.6. The van der Waals surface area contributed by atoms with E-state index in [1.165, 1.54) is 0 Å². The molecule has 3 rings (SSSR count). The summed E-state index contributed by atoms with van der Waals surface area (Å²) in [5, 5.41) is 11.3. The molecule has 1 saturated carbocycles. The first-order chi connectivity index (χ1) is 9.04. The fraction of sp³-hybridized carbons (Fsp3) is 0.400. The number of carboxylic acid groups (broad SMARTS) is 1. The number of rotatable bonds is 2. The first-order valence-corrected chi connectivity index (χ1v) is 6.91. The molecular formula is C15H16ClNO2. The minimum Gasteiger partial charge on any atom is -0.481 e. The van der Waals surface area contributed by atoms with Gasteiger partial charge in [0.2, 0.25) is 0 Å². The molecule has 0 spiro atoms. The third-order valence-corrected chi connectivity index (χ3v) is 4.68. The number of hydrogen-bond acceptors (Lipinski definition) is 1. The van der Waals surface area contributed by atoms with Crippen LogP contribution in [0.4, 0.5) is 0 Å². The molecule has 1 aliphatic rings. The molecule has 1 fully saturated rings. The van der Waals surface area contributed by atoms with E-state index in [1.54, 1.807) is 0 Å². The number of carbonyl (C=O) groups is 1. The maximum Gasteiger partial charge on any atom is 0.314 e. The van der Waals surface area contributed by atoms with Crippen LogP contribution < -0.4 is 0 Å². The van der Waals surface area contributed by atoms with Crippen LogP contribution in [-0.4, -0.2) is 15.6 Å². The van der Waals surface area contributed by atoms with E-state index in [0.29, 0.717) is 17.9 Å². The molecule has 19 heavy (non-hydrogen) atoms. The Morgan fingerprint density at radius 3 is 2.68 bits per heavy atom. The molecule has 0 atom stereocenters. The van der Waals surface area contributed by atoms with E-state index in [-0.39, 0.29) is 0 Å². The van der Waals surface area contributed by atoms with Gasteiger partial charge in [-0.2, -0.15) is 0 Å². The van der Waals surface area contributed by atoms with Crippen molar-refractivity contribution < 1.29 is 9.90 Å². The molecule has 1 N–H and O–H groups in total. The molecule has 0 radical (unpaired) electrons. The van der Waals surface area contributed by atoms with Crippen molar-refractivity contribution in [3.8, 4) is 0 Å². The fourth-order valence-electron chi connectivity index (χ4n) is 3.21. The van der Waals surface area contributed by atoms with Gasteiger partial charge in [0.15, 0.2) is 0 Å². The van der Waals surface area contributed by atoms with Gasteiger partial charge in [0.25, 0.3) is 0 Å². The van der Waals surface area contributed by atoms with Crippen molar-refractivity contribution in [2.24, 2.45) is 7.05 Å². The SMILES string of the molecule is Cn1ccc2c(Cl)cc(C3(C(=O)O)CCCC3)cc21. The van der Waals surface area contributed by atoms with Gasteiger partial charge in [-0.15, -0.1) is 0 Å². The highest BCUT2D eigenvalue weighted by Crippen LogP contribution is 2.43. The monoisotopic (exact) mass is 277 g/mol. The first-order valence-electron chi connectivity index (χ1n) is 6.53. The average Bonchev–Trinajstić information content (AvgIpc) is 2.98. The van der Waals surface area contributed by atoms with Crippen LogP contribution in [0, 0.1) is 0 Å². The van der Waals surface area contributed by atoms with Crippen molar-refractivity contribution in [3.63, 3.8) is 0 Å². The molecule has 1 aromatic carbocycles. The molecular weight excluding hydrogens is 262 g/mol. The Bertz CT molecular complexity index is 653. The quantitative estimate of drug-likeness (QED) is 0.909. The van der Waals surface area contributed by atoms with Gasteiger partial charge in [-0.3, -0.25) is 4.79 Å². The van der Waals surface area contributed by atoms with E-state index in [2.05, 4.69) is 0 Å². The van der Waals surface area contributed by atoms with Crippen LogP contribution >= 0.6 is 11.6 Å². The summed E-state index contributed by atoms with van der Waals surface area (Å²) in [6.07, 6.45) is 5.29. The lowest BCUT2D eigenvalue weighted by molar-refractivity contribution is -0.143. The molecule has 4 heteroatoms. The Hall–Kier alpha value is -1.48. The van der Waals surface area contributed by atoms with Crippen molar-refractivity contribution in [2.75, 3.05) is 0 Å². The third kappa shape index (κ3) is 1.76. The number of aryl methyl sites for hydroxylation is 1. The summed E-state index contributed by atoms with van der Waals surface area (Å²) < 4.78 is 1.98. The van der Waals surface area contributed by atoms with Crippen LogP contribution in [0.1, 0.15) is 31.2 Å².